The van der Waals surface area contributed by atoms with Gasteiger partial charge in [-0.05, 0) is 37.6 Å². The van der Waals surface area contributed by atoms with Crippen LogP contribution in [0.5, 0.6) is 5.75 Å². The van der Waals surface area contributed by atoms with Gasteiger partial charge >= 0.3 is 0 Å². The number of likely N-dealkylation sites (N-methyl/N-ethyl adjacent to an activating group) is 1. The van der Waals surface area contributed by atoms with Gasteiger partial charge < -0.3 is 20.7 Å². The molecule has 0 fully saturated rings. The van der Waals surface area contributed by atoms with Crippen LogP contribution in [0.15, 0.2) is 30.3 Å². The number of carbonyl (C=O) groups is 3. The molecular weight excluding hydrogens is 310 g/mol. The minimum Gasteiger partial charge on any atom is -0.497 e. The lowest BCUT2D eigenvalue weighted by atomic mass is 10.2. The van der Waals surface area contributed by atoms with Crippen LogP contribution in [-0.4, -0.2) is 44.0 Å². The molecule has 130 valence electrons. The fourth-order valence-corrected chi connectivity index (χ4v) is 1.79. The highest BCUT2D eigenvalue weighted by molar-refractivity contribution is 5.96. The van der Waals surface area contributed by atoms with Crippen LogP contribution in [0.2, 0.25) is 0 Å². The van der Waals surface area contributed by atoms with Gasteiger partial charge in [0.05, 0.1) is 13.7 Å². The quantitative estimate of drug-likeness (QED) is 0.602. The number of rotatable bonds is 8. The van der Waals surface area contributed by atoms with Gasteiger partial charge in [-0.15, -0.1) is 0 Å². The zero-order chi connectivity index (χ0) is 17.9. The fraction of sp³-hybridized carbons (Fsp3) is 0.353. The van der Waals surface area contributed by atoms with Gasteiger partial charge in [0, 0.05) is 12.6 Å². The van der Waals surface area contributed by atoms with Crippen LogP contribution >= 0.6 is 0 Å². The van der Waals surface area contributed by atoms with Crippen molar-refractivity contribution in [3.63, 3.8) is 0 Å². The first-order valence-corrected chi connectivity index (χ1v) is 7.63. The van der Waals surface area contributed by atoms with Gasteiger partial charge in [-0.3, -0.25) is 14.4 Å². The second kappa shape index (κ2) is 10.0. The van der Waals surface area contributed by atoms with Crippen LogP contribution in [0.25, 0.3) is 6.08 Å². The van der Waals surface area contributed by atoms with E-state index in [-0.39, 0.29) is 12.5 Å². The SMILES string of the molecule is CCNC(=O)CNC(=O)C(C)NC(=O)/C=C/c1ccc(OC)cc1. The molecule has 1 aromatic rings. The second-order valence-corrected chi connectivity index (χ2v) is 5.01. The standard InChI is InChI=1S/C17H23N3O4/c1-4-18-16(22)11-19-17(23)12(2)20-15(21)10-7-13-5-8-14(24-3)9-6-13/h5-10,12H,4,11H2,1-3H3,(H,18,22)(H,19,23)(H,20,21)/b10-7+. The van der Waals surface area contributed by atoms with Crippen molar-refractivity contribution in [1.29, 1.82) is 0 Å². The number of carbonyl (C=O) groups excluding carboxylic acids is 3. The lowest BCUT2D eigenvalue weighted by Crippen LogP contribution is -2.47. The van der Waals surface area contributed by atoms with Crippen molar-refractivity contribution in [3.8, 4) is 5.75 Å². The van der Waals surface area contributed by atoms with E-state index in [4.69, 9.17) is 4.74 Å². The van der Waals surface area contributed by atoms with E-state index in [1.807, 2.05) is 12.1 Å². The van der Waals surface area contributed by atoms with Crippen LogP contribution in [-0.2, 0) is 14.4 Å². The van der Waals surface area contributed by atoms with Gasteiger partial charge in [0.2, 0.25) is 17.7 Å². The Morgan fingerprint density at radius 2 is 1.83 bits per heavy atom. The van der Waals surface area contributed by atoms with Crippen molar-refractivity contribution in [2.24, 2.45) is 0 Å². The minimum atomic E-state index is -0.743. The zero-order valence-corrected chi connectivity index (χ0v) is 14.1. The maximum atomic E-state index is 11.8. The van der Waals surface area contributed by atoms with Crippen LogP contribution in [0.1, 0.15) is 19.4 Å². The number of methoxy groups -OCH3 is 1. The maximum Gasteiger partial charge on any atom is 0.244 e. The van der Waals surface area contributed by atoms with Crippen LogP contribution in [0.3, 0.4) is 0 Å². The van der Waals surface area contributed by atoms with Crippen molar-refractivity contribution in [1.82, 2.24) is 16.0 Å². The van der Waals surface area contributed by atoms with Crippen molar-refractivity contribution in [2.45, 2.75) is 19.9 Å². The second-order valence-electron chi connectivity index (χ2n) is 5.01. The Labute approximate surface area is 141 Å². The number of ether oxygens (including phenoxy) is 1. The Kier molecular flexibility index (Phi) is 8.04. The maximum absolute atomic E-state index is 11.8. The van der Waals surface area contributed by atoms with E-state index in [2.05, 4.69) is 16.0 Å². The molecule has 7 heteroatoms. The number of hydrogen-bond acceptors (Lipinski definition) is 4. The Hall–Kier alpha value is -2.83. The van der Waals surface area contributed by atoms with Crippen molar-refractivity contribution < 1.29 is 19.1 Å². The van der Waals surface area contributed by atoms with E-state index in [0.717, 1.165) is 11.3 Å². The van der Waals surface area contributed by atoms with Crippen LogP contribution in [0, 0.1) is 0 Å². The molecule has 0 aliphatic rings. The molecule has 1 aromatic carbocycles. The Morgan fingerprint density at radius 3 is 2.42 bits per heavy atom. The summed E-state index contributed by atoms with van der Waals surface area (Å²) < 4.78 is 5.05. The van der Waals surface area contributed by atoms with Crippen molar-refractivity contribution >= 4 is 23.8 Å². The van der Waals surface area contributed by atoms with Crippen LogP contribution < -0.4 is 20.7 Å². The average Bonchev–Trinajstić information content (AvgIpc) is 2.58. The summed E-state index contributed by atoms with van der Waals surface area (Å²) in [5.74, 6) is -0.364. The molecule has 0 spiro atoms. The van der Waals surface area contributed by atoms with E-state index in [1.54, 1.807) is 39.2 Å². The molecule has 0 radical (unpaired) electrons. The third-order valence-corrected chi connectivity index (χ3v) is 3.09. The first-order valence-electron chi connectivity index (χ1n) is 7.63. The summed E-state index contributed by atoms with van der Waals surface area (Å²) in [7, 11) is 1.58. The normalized spacial score (nSPS) is 11.6. The molecule has 0 saturated carbocycles. The molecule has 24 heavy (non-hydrogen) atoms. The minimum absolute atomic E-state index is 0.116. The molecule has 0 aromatic heterocycles. The summed E-state index contributed by atoms with van der Waals surface area (Å²) in [6.07, 6.45) is 2.98. The van der Waals surface area contributed by atoms with E-state index in [9.17, 15) is 14.4 Å². The number of benzene rings is 1. The smallest absolute Gasteiger partial charge is 0.244 e. The first kappa shape index (κ1) is 19.2. The summed E-state index contributed by atoms with van der Waals surface area (Å²) in [5.41, 5.74) is 0.833. The van der Waals surface area contributed by atoms with Gasteiger partial charge in [0.15, 0.2) is 0 Å². The zero-order valence-electron chi connectivity index (χ0n) is 14.1. The van der Waals surface area contributed by atoms with E-state index in [1.165, 1.54) is 6.08 Å². The predicted molar refractivity (Wildman–Crippen MR) is 91.3 cm³/mol. The molecule has 0 bridgehead atoms. The highest BCUT2D eigenvalue weighted by Crippen LogP contribution is 2.12. The fourth-order valence-electron chi connectivity index (χ4n) is 1.79. The molecule has 3 amide bonds. The average molecular weight is 333 g/mol. The lowest BCUT2D eigenvalue weighted by Gasteiger charge is -2.12. The summed E-state index contributed by atoms with van der Waals surface area (Å²) in [5, 5.41) is 7.56. The monoisotopic (exact) mass is 333 g/mol. The molecule has 0 saturated heterocycles. The highest BCUT2D eigenvalue weighted by Gasteiger charge is 2.14. The number of amides is 3. The largest absolute Gasteiger partial charge is 0.497 e. The molecule has 0 heterocycles. The summed E-state index contributed by atoms with van der Waals surface area (Å²) in [6, 6.07) is 6.45. The number of hydrogen-bond donors (Lipinski definition) is 3. The van der Waals surface area contributed by atoms with Gasteiger partial charge in [-0.1, -0.05) is 12.1 Å². The Balaban J connectivity index is 2.43. The van der Waals surface area contributed by atoms with Crippen LogP contribution in [0.4, 0.5) is 0 Å². The molecule has 1 rings (SSSR count). The van der Waals surface area contributed by atoms with Crippen molar-refractivity contribution in [2.75, 3.05) is 20.2 Å². The topological polar surface area (TPSA) is 96.5 Å². The molecule has 0 aliphatic carbocycles. The molecule has 1 unspecified atom stereocenters. The third-order valence-electron chi connectivity index (χ3n) is 3.09. The first-order chi connectivity index (χ1) is 11.5. The summed E-state index contributed by atoms with van der Waals surface area (Å²) in [6.45, 7) is 3.72. The Morgan fingerprint density at radius 1 is 1.17 bits per heavy atom. The predicted octanol–water partition coefficient (Wildman–Crippen LogP) is 0.465. The molecule has 0 aliphatic heterocycles. The van der Waals surface area contributed by atoms with E-state index >= 15 is 0 Å². The molecular formula is C17H23N3O4. The van der Waals surface area contributed by atoms with Gasteiger partial charge in [0.1, 0.15) is 11.8 Å². The van der Waals surface area contributed by atoms with E-state index in [0.29, 0.717) is 6.54 Å². The van der Waals surface area contributed by atoms with Gasteiger partial charge in [-0.25, -0.2) is 0 Å². The highest BCUT2D eigenvalue weighted by atomic mass is 16.5. The summed E-state index contributed by atoms with van der Waals surface area (Å²) in [4.78, 5) is 34.9. The van der Waals surface area contributed by atoms with Crippen molar-refractivity contribution in [3.05, 3.63) is 35.9 Å². The van der Waals surface area contributed by atoms with Gasteiger partial charge in [0.25, 0.3) is 0 Å². The molecule has 1 atom stereocenters. The molecule has 3 N–H and O–H groups in total. The molecule has 7 nitrogen and oxygen atoms in total. The van der Waals surface area contributed by atoms with E-state index < -0.39 is 17.9 Å². The lowest BCUT2D eigenvalue weighted by molar-refractivity contribution is -0.128. The van der Waals surface area contributed by atoms with Gasteiger partial charge in [-0.2, -0.15) is 0 Å². The Bertz CT molecular complexity index is 596. The number of nitrogens with one attached hydrogen (secondary N) is 3. The summed E-state index contributed by atoms with van der Waals surface area (Å²) >= 11 is 0. The third kappa shape index (κ3) is 6.95.